The molecule has 0 aliphatic rings. The lowest BCUT2D eigenvalue weighted by molar-refractivity contribution is 0.187. The summed E-state index contributed by atoms with van der Waals surface area (Å²) in [6.07, 6.45) is 9.08. The van der Waals surface area contributed by atoms with Crippen molar-refractivity contribution in [3.8, 4) is 0 Å². The lowest BCUT2D eigenvalue weighted by Crippen LogP contribution is -2.02. The maximum Gasteiger partial charge on any atom is 0.0507 e. The molecule has 0 N–H and O–H groups in total. The van der Waals surface area contributed by atoms with Crippen LogP contribution in [0.5, 0.6) is 0 Å². The third-order valence-corrected chi connectivity index (χ3v) is 2.41. The molecule has 0 aliphatic carbocycles. The first-order chi connectivity index (χ1) is 6.85. The third-order valence-electron chi connectivity index (χ3n) is 2.17. The van der Waals surface area contributed by atoms with Gasteiger partial charge < -0.3 is 9.26 Å². The SMILES string of the molecule is CCC=CC(CCCOC)CCOP. The van der Waals surface area contributed by atoms with Gasteiger partial charge in [-0.3, -0.25) is 0 Å². The van der Waals surface area contributed by atoms with Crippen LogP contribution in [-0.4, -0.2) is 20.3 Å². The van der Waals surface area contributed by atoms with Gasteiger partial charge in [0.1, 0.15) is 0 Å². The Morgan fingerprint density at radius 2 is 2.07 bits per heavy atom. The highest BCUT2D eigenvalue weighted by Crippen LogP contribution is 2.14. The van der Waals surface area contributed by atoms with Crippen molar-refractivity contribution in [3.63, 3.8) is 0 Å². The van der Waals surface area contributed by atoms with Crippen LogP contribution in [0.25, 0.3) is 0 Å². The van der Waals surface area contributed by atoms with Crippen LogP contribution in [0.15, 0.2) is 12.2 Å². The van der Waals surface area contributed by atoms with Gasteiger partial charge in [0.2, 0.25) is 0 Å². The molecule has 0 saturated carbocycles. The molecule has 0 heterocycles. The molecule has 0 aromatic rings. The molecule has 0 spiro atoms. The number of hydrogen-bond acceptors (Lipinski definition) is 2. The third kappa shape index (κ3) is 8.68. The molecule has 0 fully saturated rings. The number of allylic oxidation sites excluding steroid dienone is 2. The van der Waals surface area contributed by atoms with Gasteiger partial charge in [-0.05, 0) is 31.6 Å². The summed E-state index contributed by atoms with van der Waals surface area (Å²) in [5.74, 6) is 0.644. The van der Waals surface area contributed by atoms with Gasteiger partial charge in [0, 0.05) is 23.2 Å². The second-order valence-corrected chi connectivity index (χ2v) is 3.72. The average Bonchev–Trinajstić information content (AvgIpc) is 2.21. The van der Waals surface area contributed by atoms with Crippen molar-refractivity contribution < 1.29 is 9.26 Å². The highest BCUT2D eigenvalue weighted by atomic mass is 31.0. The van der Waals surface area contributed by atoms with E-state index in [1.54, 1.807) is 7.11 Å². The molecule has 84 valence electrons. The number of ether oxygens (including phenoxy) is 1. The van der Waals surface area contributed by atoms with Crippen LogP contribution < -0.4 is 0 Å². The van der Waals surface area contributed by atoms with E-state index in [4.69, 9.17) is 9.26 Å². The number of hydrogen-bond donors (Lipinski definition) is 0. The molecule has 3 heteroatoms. The Labute approximate surface area is 90.3 Å². The zero-order chi connectivity index (χ0) is 10.6. The fourth-order valence-corrected chi connectivity index (χ4v) is 1.51. The summed E-state index contributed by atoms with van der Waals surface area (Å²) >= 11 is 0. The Morgan fingerprint density at radius 1 is 1.29 bits per heavy atom. The molecule has 0 rings (SSSR count). The van der Waals surface area contributed by atoms with Gasteiger partial charge >= 0.3 is 0 Å². The zero-order valence-electron chi connectivity index (χ0n) is 9.37. The van der Waals surface area contributed by atoms with E-state index in [9.17, 15) is 0 Å². The average molecular weight is 218 g/mol. The highest BCUT2D eigenvalue weighted by Gasteiger charge is 2.03. The fraction of sp³-hybridized carbons (Fsp3) is 0.818. The van der Waals surface area contributed by atoms with Crippen LogP contribution in [0.4, 0.5) is 0 Å². The summed E-state index contributed by atoms with van der Waals surface area (Å²) in [7, 11) is 4.05. The van der Waals surface area contributed by atoms with Crippen molar-refractivity contribution in [2.75, 3.05) is 20.3 Å². The fourth-order valence-electron chi connectivity index (χ4n) is 1.37. The first-order valence-corrected chi connectivity index (χ1v) is 5.79. The summed E-state index contributed by atoms with van der Waals surface area (Å²) in [5, 5.41) is 0. The summed E-state index contributed by atoms with van der Waals surface area (Å²) < 4.78 is 10.1. The molecule has 2 unspecified atom stereocenters. The normalized spacial score (nSPS) is 13.6. The van der Waals surface area contributed by atoms with Gasteiger partial charge in [-0.1, -0.05) is 19.1 Å². The topological polar surface area (TPSA) is 18.5 Å². The van der Waals surface area contributed by atoms with Crippen LogP contribution in [0.2, 0.25) is 0 Å². The molecule has 0 bridgehead atoms. The van der Waals surface area contributed by atoms with E-state index in [2.05, 4.69) is 28.5 Å². The van der Waals surface area contributed by atoms with Crippen LogP contribution in [0.1, 0.15) is 32.6 Å². The van der Waals surface area contributed by atoms with Gasteiger partial charge in [-0.15, -0.1) is 0 Å². The Morgan fingerprint density at radius 3 is 2.64 bits per heavy atom. The van der Waals surface area contributed by atoms with Crippen molar-refractivity contribution in [1.29, 1.82) is 0 Å². The minimum atomic E-state index is 0.644. The van der Waals surface area contributed by atoms with E-state index in [-0.39, 0.29) is 0 Å². The van der Waals surface area contributed by atoms with E-state index in [1.807, 2.05) is 0 Å². The predicted octanol–water partition coefficient (Wildman–Crippen LogP) is 3.19. The Hall–Kier alpha value is 0.0900. The predicted molar refractivity (Wildman–Crippen MR) is 64.3 cm³/mol. The van der Waals surface area contributed by atoms with Gasteiger partial charge in [0.05, 0.1) is 6.61 Å². The lowest BCUT2D eigenvalue weighted by atomic mass is 9.99. The quantitative estimate of drug-likeness (QED) is 0.336. The molecule has 14 heavy (non-hydrogen) atoms. The van der Waals surface area contributed by atoms with Gasteiger partial charge in [-0.2, -0.15) is 0 Å². The molecule has 2 nitrogen and oxygen atoms in total. The second-order valence-electron chi connectivity index (χ2n) is 3.39. The number of rotatable bonds is 9. The smallest absolute Gasteiger partial charge is 0.0507 e. The van der Waals surface area contributed by atoms with Crippen molar-refractivity contribution >= 4 is 9.47 Å². The molecule has 2 atom stereocenters. The maximum atomic E-state index is 5.04. The molecular formula is C11H23O2P. The summed E-state index contributed by atoms with van der Waals surface area (Å²) in [6, 6.07) is 0. The Bertz CT molecular complexity index is 137. The highest BCUT2D eigenvalue weighted by molar-refractivity contribution is 7.09. The summed E-state index contributed by atoms with van der Waals surface area (Å²) in [5.41, 5.74) is 0. The van der Waals surface area contributed by atoms with Crippen molar-refractivity contribution in [3.05, 3.63) is 12.2 Å². The monoisotopic (exact) mass is 218 g/mol. The largest absolute Gasteiger partial charge is 0.385 e. The molecule has 0 saturated heterocycles. The van der Waals surface area contributed by atoms with E-state index in [0.29, 0.717) is 5.92 Å². The van der Waals surface area contributed by atoms with E-state index < -0.39 is 0 Å². The van der Waals surface area contributed by atoms with Crippen LogP contribution >= 0.6 is 9.47 Å². The van der Waals surface area contributed by atoms with E-state index in [0.717, 1.165) is 32.5 Å². The number of methoxy groups -OCH3 is 1. The van der Waals surface area contributed by atoms with Crippen LogP contribution in [0, 0.1) is 5.92 Å². The maximum absolute atomic E-state index is 5.04. The summed E-state index contributed by atoms with van der Waals surface area (Å²) in [4.78, 5) is 0. The first-order valence-electron chi connectivity index (χ1n) is 5.32. The molecule has 0 amide bonds. The van der Waals surface area contributed by atoms with Crippen molar-refractivity contribution in [2.24, 2.45) is 5.92 Å². The van der Waals surface area contributed by atoms with Crippen LogP contribution in [-0.2, 0) is 9.26 Å². The Kier molecular flexibility index (Phi) is 11.2. The van der Waals surface area contributed by atoms with Gasteiger partial charge in [-0.25, -0.2) is 0 Å². The zero-order valence-corrected chi connectivity index (χ0v) is 10.5. The lowest BCUT2D eigenvalue weighted by Gasteiger charge is -2.11. The van der Waals surface area contributed by atoms with E-state index in [1.165, 1.54) is 6.42 Å². The van der Waals surface area contributed by atoms with Gasteiger partial charge in [0.25, 0.3) is 0 Å². The van der Waals surface area contributed by atoms with Crippen molar-refractivity contribution in [2.45, 2.75) is 32.6 Å². The molecule has 0 radical (unpaired) electrons. The van der Waals surface area contributed by atoms with Gasteiger partial charge in [0.15, 0.2) is 0 Å². The minimum absolute atomic E-state index is 0.644. The first kappa shape index (κ1) is 14.1. The molecule has 0 aromatic carbocycles. The molecule has 0 aromatic heterocycles. The van der Waals surface area contributed by atoms with Crippen molar-refractivity contribution in [1.82, 2.24) is 0 Å². The molecule has 0 aliphatic heterocycles. The second kappa shape index (κ2) is 11.2. The summed E-state index contributed by atoms with van der Waals surface area (Å²) in [6.45, 7) is 3.84. The minimum Gasteiger partial charge on any atom is -0.385 e. The Balaban J connectivity index is 3.66. The van der Waals surface area contributed by atoms with Crippen LogP contribution in [0.3, 0.4) is 0 Å². The van der Waals surface area contributed by atoms with E-state index >= 15 is 0 Å². The molecular weight excluding hydrogens is 195 g/mol. The standard InChI is InChI=1S/C11H23O2P/c1-3-4-6-11(8-10-13-14)7-5-9-12-2/h4,6,11H,3,5,7-10,14H2,1-2H3.